The lowest BCUT2D eigenvalue weighted by molar-refractivity contribution is -0.111. The van der Waals surface area contributed by atoms with Crippen molar-refractivity contribution in [3.63, 3.8) is 0 Å². The fraction of sp³-hybridized carbons (Fsp3) is 0.389. The van der Waals surface area contributed by atoms with Crippen LogP contribution >= 0.6 is 0 Å². The van der Waals surface area contributed by atoms with Gasteiger partial charge in [-0.15, -0.1) is 0 Å². The van der Waals surface area contributed by atoms with Crippen molar-refractivity contribution in [2.45, 2.75) is 58.0 Å². The lowest BCUT2D eigenvalue weighted by Crippen LogP contribution is -2.49. The molecule has 2 aromatic carbocycles. The van der Waals surface area contributed by atoms with Crippen LogP contribution in [0.5, 0.6) is 0 Å². The molecule has 1 amide bonds. The zero-order chi connectivity index (χ0) is 33.8. The van der Waals surface area contributed by atoms with Gasteiger partial charge in [-0.2, -0.15) is 9.98 Å². The number of guanidine groups is 2. The van der Waals surface area contributed by atoms with E-state index in [1.54, 1.807) is 12.3 Å². The highest BCUT2D eigenvalue weighted by atomic mass is 19.3. The number of aromatic nitrogens is 1. The molecule has 1 aliphatic carbocycles. The maximum atomic E-state index is 13.8. The van der Waals surface area contributed by atoms with E-state index in [4.69, 9.17) is 15.0 Å². The summed E-state index contributed by atoms with van der Waals surface area (Å²) < 4.78 is 27.6. The SMILES string of the molecule is CC(C)C1=C2N=C(NC3CCC(F)(F)CC3)N=C(NCc3ccccc3-c3nccc4cc(NC(=O)/C=C/CN(C)C)ccc34)N2NC1. The van der Waals surface area contributed by atoms with Crippen LogP contribution in [-0.4, -0.2) is 71.9 Å². The monoisotopic (exact) mass is 655 g/mol. The van der Waals surface area contributed by atoms with E-state index in [2.05, 4.69) is 47.4 Å². The number of benzene rings is 2. The van der Waals surface area contributed by atoms with Crippen LogP contribution in [0.4, 0.5) is 14.5 Å². The third kappa shape index (κ3) is 7.71. The Morgan fingerprint density at radius 2 is 1.92 bits per heavy atom. The summed E-state index contributed by atoms with van der Waals surface area (Å²) in [5.41, 5.74) is 8.08. The van der Waals surface area contributed by atoms with E-state index < -0.39 is 5.92 Å². The molecule has 2 aliphatic heterocycles. The third-order valence-corrected chi connectivity index (χ3v) is 8.79. The van der Waals surface area contributed by atoms with Crippen molar-refractivity contribution in [3.05, 3.63) is 83.8 Å². The minimum atomic E-state index is -2.60. The van der Waals surface area contributed by atoms with Gasteiger partial charge in [0.2, 0.25) is 23.7 Å². The highest BCUT2D eigenvalue weighted by molar-refractivity contribution is 6.03. The number of carbonyl (C=O) groups excluding carboxylic acids is 1. The standard InChI is InChI=1S/C36H43F2N9O/c1-23(2)30-22-41-47-33(30)44-34(43-26-13-16-36(37,38)17-14-26)45-35(47)40-21-25-8-5-6-9-28(25)32-29-12-11-27(20-24(29)15-18-39-32)42-31(48)10-7-19-46(3)4/h5-12,15,18,20,23,26,41H,13-14,16-17,19,21-22H2,1-4H3,(H,42,48)(H2,40,43,44,45)/b10-7+. The van der Waals surface area contributed by atoms with E-state index in [9.17, 15) is 13.6 Å². The average Bonchev–Trinajstić information content (AvgIpc) is 3.49. The van der Waals surface area contributed by atoms with Crippen LogP contribution in [0.15, 0.2) is 88.3 Å². The first-order valence-electron chi connectivity index (χ1n) is 16.5. The molecule has 3 aromatic rings. The van der Waals surface area contributed by atoms with Gasteiger partial charge in [0.05, 0.1) is 5.69 Å². The second-order valence-corrected chi connectivity index (χ2v) is 13.1. The van der Waals surface area contributed by atoms with Gasteiger partial charge < -0.3 is 20.9 Å². The lowest BCUT2D eigenvalue weighted by atomic mass is 9.92. The third-order valence-electron chi connectivity index (χ3n) is 8.79. The Morgan fingerprint density at radius 3 is 2.69 bits per heavy atom. The number of hydrogen-bond acceptors (Lipinski definition) is 9. The normalized spacial score (nSPS) is 18.0. The van der Waals surface area contributed by atoms with E-state index in [0.717, 1.165) is 39.0 Å². The first-order chi connectivity index (χ1) is 23.1. The van der Waals surface area contributed by atoms with Crippen molar-refractivity contribution in [2.75, 3.05) is 32.5 Å². The highest BCUT2D eigenvalue weighted by Gasteiger charge is 2.36. The van der Waals surface area contributed by atoms with Gasteiger partial charge in [0, 0.05) is 67.4 Å². The van der Waals surface area contributed by atoms with Crippen molar-refractivity contribution < 1.29 is 13.6 Å². The number of pyridine rings is 1. The molecule has 0 radical (unpaired) electrons. The molecule has 1 fully saturated rings. The summed E-state index contributed by atoms with van der Waals surface area (Å²) in [7, 11) is 3.90. The zero-order valence-electron chi connectivity index (χ0n) is 27.9. The maximum absolute atomic E-state index is 13.8. The van der Waals surface area contributed by atoms with Crippen LogP contribution in [0.2, 0.25) is 0 Å². The summed E-state index contributed by atoms with van der Waals surface area (Å²) in [4.78, 5) is 28.8. The Labute approximate surface area is 280 Å². The number of anilines is 1. The Morgan fingerprint density at radius 1 is 1.12 bits per heavy atom. The molecule has 0 bridgehead atoms. The first kappa shape index (κ1) is 33.2. The zero-order valence-corrected chi connectivity index (χ0v) is 27.9. The smallest absolute Gasteiger partial charge is 0.248 e. The predicted octanol–water partition coefficient (Wildman–Crippen LogP) is 5.63. The molecule has 6 rings (SSSR count). The minimum Gasteiger partial charge on any atom is -0.351 e. The molecule has 3 aliphatic rings. The molecule has 1 saturated carbocycles. The Hall–Kier alpha value is -4.68. The van der Waals surface area contributed by atoms with E-state index in [1.807, 2.05) is 66.5 Å². The molecule has 1 aromatic heterocycles. The number of halogens is 2. The van der Waals surface area contributed by atoms with E-state index >= 15 is 0 Å². The maximum Gasteiger partial charge on any atom is 0.248 e. The van der Waals surface area contributed by atoms with Gasteiger partial charge in [-0.05, 0) is 67.6 Å². The fourth-order valence-electron chi connectivity index (χ4n) is 6.15. The molecule has 4 N–H and O–H groups in total. The Bertz CT molecular complexity index is 1790. The first-order valence-corrected chi connectivity index (χ1v) is 16.5. The summed E-state index contributed by atoms with van der Waals surface area (Å²) in [6, 6.07) is 15.8. The van der Waals surface area contributed by atoms with Crippen molar-refractivity contribution >= 4 is 34.3 Å². The van der Waals surface area contributed by atoms with Gasteiger partial charge in [0.25, 0.3) is 0 Å². The molecule has 0 saturated heterocycles. The summed E-state index contributed by atoms with van der Waals surface area (Å²) in [5, 5.41) is 13.6. The molecule has 48 heavy (non-hydrogen) atoms. The summed E-state index contributed by atoms with van der Waals surface area (Å²) in [6.45, 7) is 6.04. The number of alkyl halides is 2. The number of aliphatic imine (C=N–C) groups is 2. The van der Waals surface area contributed by atoms with Gasteiger partial charge in [-0.1, -0.05) is 50.3 Å². The van der Waals surface area contributed by atoms with Crippen molar-refractivity contribution in [1.82, 2.24) is 31.0 Å². The summed E-state index contributed by atoms with van der Waals surface area (Å²) in [6.07, 6.45) is 5.62. The minimum absolute atomic E-state index is 0.107. The average molecular weight is 656 g/mol. The second kappa shape index (κ2) is 14.2. The van der Waals surface area contributed by atoms with Crippen LogP contribution < -0.4 is 21.4 Å². The summed E-state index contributed by atoms with van der Waals surface area (Å²) >= 11 is 0. The summed E-state index contributed by atoms with van der Waals surface area (Å²) in [5.74, 6) is -0.716. The predicted molar refractivity (Wildman–Crippen MR) is 187 cm³/mol. The largest absolute Gasteiger partial charge is 0.351 e. The van der Waals surface area contributed by atoms with Gasteiger partial charge in [-0.3, -0.25) is 9.78 Å². The Balaban J connectivity index is 1.22. The number of amides is 1. The molecule has 3 heterocycles. The van der Waals surface area contributed by atoms with Crippen LogP contribution in [0, 0.1) is 5.92 Å². The highest BCUT2D eigenvalue weighted by Crippen LogP contribution is 2.34. The molecular weight excluding hydrogens is 612 g/mol. The molecule has 0 spiro atoms. The Kier molecular flexibility index (Phi) is 9.83. The van der Waals surface area contributed by atoms with Crippen LogP contribution in [0.3, 0.4) is 0 Å². The van der Waals surface area contributed by atoms with E-state index in [-0.39, 0.29) is 30.7 Å². The molecule has 0 atom stereocenters. The van der Waals surface area contributed by atoms with Crippen LogP contribution in [0.1, 0.15) is 45.1 Å². The molecule has 12 heteroatoms. The second-order valence-electron chi connectivity index (χ2n) is 13.1. The van der Waals surface area contributed by atoms with Gasteiger partial charge in [0.15, 0.2) is 5.82 Å². The molecular formula is C36H43F2N9O. The number of carbonyl (C=O) groups is 1. The number of hydrazine groups is 1. The topological polar surface area (TPSA) is 109 Å². The van der Waals surface area contributed by atoms with E-state index in [0.29, 0.717) is 50.1 Å². The van der Waals surface area contributed by atoms with Gasteiger partial charge in [0.1, 0.15) is 0 Å². The quantitative estimate of drug-likeness (QED) is 0.222. The van der Waals surface area contributed by atoms with Crippen LogP contribution in [0.25, 0.3) is 22.0 Å². The van der Waals surface area contributed by atoms with Crippen molar-refractivity contribution in [2.24, 2.45) is 15.9 Å². The van der Waals surface area contributed by atoms with Gasteiger partial charge in [-0.25, -0.2) is 19.2 Å². The molecule has 0 unspecified atom stereocenters. The number of fused-ring (bicyclic) bond motifs is 2. The van der Waals surface area contributed by atoms with Crippen LogP contribution in [-0.2, 0) is 11.3 Å². The van der Waals surface area contributed by atoms with Gasteiger partial charge >= 0.3 is 0 Å². The number of nitrogens with zero attached hydrogens (tertiary/aromatic N) is 5. The van der Waals surface area contributed by atoms with Crippen molar-refractivity contribution in [1.29, 1.82) is 0 Å². The number of nitrogens with one attached hydrogen (secondary N) is 4. The molecule has 252 valence electrons. The van der Waals surface area contributed by atoms with Crippen molar-refractivity contribution in [3.8, 4) is 11.3 Å². The number of hydrogen-bond donors (Lipinski definition) is 4. The number of rotatable bonds is 9. The van der Waals surface area contributed by atoms with E-state index in [1.165, 1.54) is 0 Å². The number of likely N-dealkylation sites (N-methyl/N-ethyl adjacent to an activating group) is 1. The molecule has 10 nitrogen and oxygen atoms in total. The fourth-order valence-corrected chi connectivity index (χ4v) is 6.15. The lowest BCUT2D eigenvalue weighted by Gasteiger charge is -2.31.